The van der Waals surface area contributed by atoms with Gasteiger partial charge in [-0.25, -0.2) is 8.78 Å². The molecule has 0 bridgehead atoms. The summed E-state index contributed by atoms with van der Waals surface area (Å²) in [6.45, 7) is 3.56. The Hall–Kier alpha value is -3.17. The normalized spacial score (nSPS) is 17.0. The van der Waals surface area contributed by atoms with Crippen LogP contribution in [0.2, 0.25) is 5.02 Å². The first-order valence-corrected chi connectivity index (χ1v) is 10.1. The molecule has 32 heavy (non-hydrogen) atoms. The van der Waals surface area contributed by atoms with Crippen molar-refractivity contribution in [3.05, 3.63) is 70.9 Å². The van der Waals surface area contributed by atoms with E-state index in [4.69, 9.17) is 21.1 Å². The van der Waals surface area contributed by atoms with Gasteiger partial charge in [-0.1, -0.05) is 18.2 Å². The molecule has 0 radical (unpaired) electrons. The van der Waals surface area contributed by atoms with Crippen LogP contribution in [-0.2, 0) is 9.59 Å². The lowest BCUT2D eigenvalue weighted by Crippen LogP contribution is -2.41. The molecule has 0 fully saturated rings. The molecule has 2 aromatic rings. The number of carbonyl (C=O) groups is 2. The lowest BCUT2D eigenvalue weighted by molar-refractivity contribution is -0.129. The SMILES string of the molecule is C=C(CCNC(=O)COc1ccc(Cl)c(F)c1)NC(=O)C1CC(O)c2ccc(F)cc2O1. The van der Waals surface area contributed by atoms with Gasteiger partial charge in [-0.2, -0.15) is 0 Å². The quantitative estimate of drug-likeness (QED) is 0.555. The third kappa shape index (κ3) is 6.18. The summed E-state index contributed by atoms with van der Waals surface area (Å²) in [6, 6.07) is 7.57. The van der Waals surface area contributed by atoms with Crippen LogP contribution in [0.25, 0.3) is 0 Å². The summed E-state index contributed by atoms with van der Waals surface area (Å²) in [5.74, 6) is -1.90. The average Bonchev–Trinajstić information content (AvgIpc) is 2.74. The molecule has 1 aliphatic rings. The molecule has 170 valence electrons. The van der Waals surface area contributed by atoms with Crippen molar-refractivity contribution >= 4 is 23.4 Å². The predicted octanol–water partition coefficient (Wildman–Crippen LogP) is 3.02. The average molecular weight is 467 g/mol. The number of carbonyl (C=O) groups excluding carboxylic acids is 2. The first-order valence-electron chi connectivity index (χ1n) is 9.70. The molecule has 0 aromatic heterocycles. The minimum absolute atomic E-state index is 0.0110. The minimum atomic E-state index is -1.01. The first-order chi connectivity index (χ1) is 15.2. The Kier molecular flexibility index (Phi) is 7.66. The van der Waals surface area contributed by atoms with E-state index in [-0.39, 0.29) is 42.5 Å². The largest absolute Gasteiger partial charge is 0.484 e. The van der Waals surface area contributed by atoms with Crippen LogP contribution in [0.4, 0.5) is 8.78 Å². The van der Waals surface area contributed by atoms with Crippen molar-refractivity contribution in [2.75, 3.05) is 13.2 Å². The van der Waals surface area contributed by atoms with Crippen molar-refractivity contribution < 1.29 is 33.0 Å². The van der Waals surface area contributed by atoms with Gasteiger partial charge < -0.3 is 25.2 Å². The Morgan fingerprint density at radius 2 is 2.03 bits per heavy atom. The predicted molar refractivity (Wildman–Crippen MR) is 112 cm³/mol. The second-order valence-corrected chi connectivity index (χ2v) is 7.50. The summed E-state index contributed by atoms with van der Waals surface area (Å²) in [5, 5.41) is 15.3. The van der Waals surface area contributed by atoms with Crippen molar-refractivity contribution in [1.82, 2.24) is 10.6 Å². The molecule has 1 aliphatic heterocycles. The molecule has 3 rings (SSSR count). The fraction of sp³-hybridized carbons (Fsp3) is 0.273. The smallest absolute Gasteiger partial charge is 0.265 e. The summed E-state index contributed by atoms with van der Waals surface area (Å²) in [7, 11) is 0. The summed E-state index contributed by atoms with van der Waals surface area (Å²) in [6.07, 6.45) is -1.74. The monoisotopic (exact) mass is 466 g/mol. The molecule has 0 aliphatic carbocycles. The molecule has 7 nitrogen and oxygen atoms in total. The highest BCUT2D eigenvalue weighted by Crippen LogP contribution is 2.35. The fourth-order valence-corrected chi connectivity index (χ4v) is 3.13. The van der Waals surface area contributed by atoms with Gasteiger partial charge in [0.1, 0.15) is 23.1 Å². The van der Waals surface area contributed by atoms with Gasteiger partial charge >= 0.3 is 0 Å². The summed E-state index contributed by atoms with van der Waals surface area (Å²) in [4.78, 5) is 24.3. The summed E-state index contributed by atoms with van der Waals surface area (Å²) in [5.41, 5.74) is 0.736. The molecule has 3 N–H and O–H groups in total. The number of hydrogen-bond donors (Lipinski definition) is 3. The number of hydrogen-bond acceptors (Lipinski definition) is 5. The van der Waals surface area contributed by atoms with E-state index in [1.54, 1.807) is 0 Å². The summed E-state index contributed by atoms with van der Waals surface area (Å²) >= 11 is 5.58. The second kappa shape index (κ2) is 10.4. The van der Waals surface area contributed by atoms with Crippen molar-refractivity contribution in [3.8, 4) is 11.5 Å². The van der Waals surface area contributed by atoms with Gasteiger partial charge in [0.15, 0.2) is 12.7 Å². The highest BCUT2D eigenvalue weighted by molar-refractivity contribution is 6.30. The molecule has 1 heterocycles. The zero-order valence-corrected chi connectivity index (χ0v) is 17.6. The van der Waals surface area contributed by atoms with Crippen LogP contribution in [0.5, 0.6) is 11.5 Å². The second-order valence-electron chi connectivity index (χ2n) is 7.10. The molecule has 2 amide bonds. The Labute approximate surface area is 188 Å². The van der Waals surface area contributed by atoms with Crippen LogP contribution in [-0.4, -0.2) is 36.2 Å². The molecule has 10 heteroatoms. The van der Waals surface area contributed by atoms with Gasteiger partial charge in [-0.3, -0.25) is 9.59 Å². The molecule has 0 spiro atoms. The maximum atomic E-state index is 13.4. The Bertz CT molecular complexity index is 1030. The van der Waals surface area contributed by atoms with Crippen molar-refractivity contribution in [2.45, 2.75) is 25.0 Å². The number of halogens is 3. The molecule has 2 atom stereocenters. The van der Waals surface area contributed by atoms with E-state index >= 15 is 0 Å². The van der Waals surface area contributed by atoms with E-state index < -0.39 is 35.7 Å². The van der Waals surface area contributed by atoms with Gasteiger partial charge in [-0.05, 0) is 24.3 Å². The minimum Gasteiger partial charge on any atom is -0.484 e. The number of benzene rings is 2. The third-order valence-corrected chi connectivity index (χ3v) is 4.95. The molecule has 2 aromatic carbocycles. The lowest BCUT2D eigenvalue weighted by atomic mass is 9.98. The Morgan fingerprint density at radius 1 is 1.25 bits per heavy atom. The van der Waals surface area contributed by atoms with E-state index in [2.05, 4.69) is 17.2 Å². The number of rotatable bonds is 8. The van der Waals surface area contributed by atoms with E-state index in [0.717, 1.165) is 12.1 Å². The van der Waals surface area contributed by atoms with Crippen LogP contribution >= 0.6 is 11.6 Å². The standard InChI is InChI=1S/C22H21ClF2N2O5/c1-12(6-7-26-21(29)11-31-14-3-5-16(23)17(25)9-14)27-22(30)20-10-18(28)15-4-2-13(24)8-19(15)32-20/h2-5,8-9,18,20,28H,1,6-7,10-11H2,(H,26,29)(H,27,30). The van der Waals surface area contributed by atoms with Gasteiger partial charge in [0.25, 0.3) is 11.8 Å². The number of aliphatic hydroxyl groups is 1. The zero-order chi connectivity index (χ0) is 23.3. The van der Waals surface area contributed by atoms with E-state index in [1.165, 1.54) is 24.3 Å². The van der Waals surface area contributed by atoms with Crippen LogP contribution in [0.3, 0.4) is 0 Å². The molecular weight excluding hydrogens is 446 g/mol. The first kappa shape index (κ1) is 23.5. The number of amides is 2. The zero-order valence-electron chi connectivity index (χ0n) is 16.9. The topological polar surface area (TPSA) is 96.9 Å². The number of fused-ring (bicyclic) bond motifs is 1. The van der Waals surface area contributed by atoms with Crippen molar-refractivity contribution in [3.63, 3.8) is 0 Å². The van der Waals surface area contributed by atoms with Crippen LogP contribution in [0, 0.1) is 11.6 Å². The van der Waals surface area contributed by atoms with E-state index in [1.807, 2.05) is 0 Å². The van der Waals surface area contributed by atoms with Crippen LogP contribution in [0.1, 0.15) is 24.5 Å². The lowest BCUT2D eigenvalue weighted by Gasteiger charge is -2.29. The molecule has 0 saturated heterocycles. The molecule has 0 saturated carbocycles. The maximum Gasteiger partial charge on any atom is 0.265 e. The van der Waals surface area contributed by atoms with E-state index in [9.17, 15) is 23.5 Å². The van der Waals surface area contributed by atoms with Gasteiger partial charge in [-0.15, -0.1) is 0 Å². The van der Waals surface area contributed by atoms with Crippen molar-refractivity contribution in [1.29, 1.82) is 0 Å². The molecular formula is C22H21ClF2N2O5. The summed E-state index contributed by atoms with van der Waals surface area (Å²) < 4.78 is 37.4. The van der Waals surface area contributed by atoms with E-state index in [0.29, 0.717) is 11.3 Å². The van der Waals surface area contributed by atoms with Gasteiger partial charge in [0.05, 0.1) is 11.1 Å². The third-order valence-electron chi connectivity index (χ3n) is 4.64. The number of nitrogens with one attached hydrogen (secondary N) is 2. The van der Waals surface area contributed by atoms with Crippen molar-refractivity contribution in [2.24, 2.45) is 0 Å². The van der Waals surface area contributed by atoms with Gasteiger partial charge in [0, 0.05) is 42.8 Å². The maximum absolute atomic E-state index is 13.4. The highest BCUT2D eigenvalue weighted by Gasteiger charge is 2.32. The number of ether oxygens (including phenoxy) is 2. The number of aliphatic hydroxyl groups excluding tert-OH is 1. The molecule has 2 unspecified atom stereocenters. The van der Waals surface area contributed by atoms with Gasteiger partial charge in [0.2, 0.25) is 0 Å². The Balaban J connectivity index is 1.39. The Morgan fingerprint density at radius 3 is 2.78 bits per heavy atom. The fourth-order valence-electron chi connectivity index (χ4n) is 3.01. The van der Waals surface area contributed by atoms with Crippen LogP contribution < -0.4 is 20.1 Å². The van der Waals surface area contributed by atoms with Crippen LogP contribution in [0.15, 0.2) is 48.7 Å². The highest BCUT2D eigenvalue weighted by atomic mass is 35.5.